The molecule has 0 aliphatic carbocycles. The number of nitrogens with two attached hydrogens (primary N) is 1. The first-order valence-electron chi connectivity index (χ1n) is 9.71. The van der Waals surface area contributed by atoms with Crippen LogP contribution in [0.25, 0.3) is 0 Å². The molecule has 0 radical (unpaired) electrons. The number of primary amides is 1. The molecule has 13 heteroatoms. The number of carbonyl (C=O) groups is 3. The fourth-order valence-electron chi connectivity index (χ4n) is 1.78. The van der Waals surface area contributed by atoms with Gasteiger partial charge in [-0.3, -0.25) is 28.0 Å². The van der Waals surface area contributed by atoms with E-state index in [9.17, 15) is 18.9 Å². The summed E-state index contributed by atoms with van der Waals surface area (Å²) in [5.74, 6) is -1.98. The summed E-state index contributed by atoms with van der Waals surface area (Å²) in [7, 11) is -3.83. The Labute approximate surface area is 187 Å². The lowest BCUT2D eigenvalue weighted by Crippen LogP contribution is -2.25. The predicted octanol–water partition coefficient (Wildman–Crippen LogP) is 2.25. The molecule has 1 heterocycles. The van der Waals surface area contributed by atoms with Crippen LogP contribution in [0.15, 0.2) is 18.5 Å². The normalized spacial score (nSPS) is 12.7. The Morgan fingerprint density at radius 2 is 1.50 bits per heavy atom. The summed E-state index contributed by atoms with van der Waals surface area (Å²) in [5, 5.41) is 3.86. The molecule has 0 atom stereocenters. The van der Waals surface area contributed by atoms with Gasteiger partial charge in [-0.2, -0.15) is 0 Å². The average Bonchev–Trinajstić information content (AvgIpc) is 3.13. The van der Waals surface area contributed by atoms with Crippen LogP contribution in [-0.4, -0.2) is 52.4 Å². The molecule has 1 aromatic heterocycles. The van der Waals surface area contributed by atoms with Gasteiger partial charge in [0.2, 0.25) is 19.4 Å². The maximum atomic E-state index is 13.0. The minimum absolute atomic E-state index is 0.128. The van der Waals surface area contributed by atoms with Crippen LogP contribution in [0.2, 0.25) is 0 Å². The van der Waals surface area contributed by atoms with Gasteiger partial charge in [0.05, 0.1) is 23.5 Å². The Bertz CT molecular complexity index is 847. The van der Waals surface area contributed by atoms with Crippen molar-refractivity contribution >= 4 is 25.4 Å². The maximum absolute atomic E-state index is 13.0. The SMILES string of the molecule is CC(C)(C)C(=O)OCOP(=O)(C/C=C/Cn1cnc(C(N)=O)n1)OCOC(=O)C(C)(C)C. The predicted molar refractivity (Wildman–Crippen MR) is 113 cm³/mol. The maximum Gasteiger partial charge on any atom is 0.340 e. The van der Waals surface area contributed by atoms with E-state index in [-0.39, 0.29) is 18.5 Å². The Morgan fingerprint density at radius 3 is 1.91 bits per heavy atom. The summed E-state index contributed by atoms with van der Waals surface area (Å²) < 4.78 is 34.7. The molecule has 0 saturated heterocycles. The molecule has 1 rings (SSSR count). The van der Waals surface area contributed by atoms with E-state index in [1.807, 2.05) is 0 Å². The number of nitrogens with zero attached hydrogens (tertiary/aromatic N) is 3. The van der Waals surface area contributed by atoms with Gasteiger partial charge < -0.3 is 15.2 Å². The van der Waals surface area contributed by atoms with Crippen molar-refractivity contribution in [3.63, 3.8) is 0 Å². The zero-order chi connectivity index (χ0) is 24.6. The van der Waals surface area contributed by atoms with Gasteiger partial charge in [0.1, 0.15) is 6.33 Å². The quantitative estimate of drug-likeness (QED) is 0.218. The first kappa shape index (κ1) is 27.5. The molecule has 180 valence electrons. The molecule has 0 unspecified atom stereocenters. The van der Waals surface area contributed by atoms with Gasteiger partial charge in [0.25, 0.3) is 5.91 Å². The van der Waals surface area contributed by atoms with Crippen LogP contribution in [-0.2, 0) is 39.2 Å². The largest absolute Gasteiger partial charge is 0.438 e. The molecule has 0 aliphatic heterocycles. The van der Waals surface area contributed by atoms with E-state index in [1.165, 1.54) is 17.1 Å². The van der Waals surface area contributed by atoms with E-state index in [0.717, 1.165) is 0 Å². The number of amides is 1. The second kappa shape index (κ2) is 11.3. The lowest BCUT2D eigenvalue weighted by molar-refractivity contribution is -0.161. The second-order valence-electron chi connectivity index (χ2n) is 8.78. The van der Waals surface area contributed by atoms with E-state index in [2.05, 4.69) is 10.1 Å². The third-order valence-corrected chi connectivity index (χ3v) is 5.30. The number of allylic oxidation sites excluding steroid dienone is 2. The van der Waals surface area contributed by atoms with E-state index in [4.69, 9.17) is 24.3 Å². The molecule has 2 N–H and O–H groups in total. The Balaban J connectivity index is 2.72. The molecule has 12 nitrogen and oxygen atoms in total. The van der Waals surface area contributed by atoms with Crippen LogP contribution in [0.4, 0.5) is 0 Å². The lowest BCUT2D eigenvalue weighted by atomic mass is 9.98. The topological polar surface area (TPSA) is 162 Å². The van der Waals surface area contributed by atoms with Crippen LogP contribution in [0.3, 0.4) is 0 Å². The zero-order valence-corrected chi connectivity index (χ0v) is 20.1. The highest BCUT2D eigenvalue weighted by Crippen LogP contribution is 2.48. The van der Waals surface area contributed by atoms with Crippen molar-refractivity contribution in [1.29, 1.82) is 0 Å². The molecule has 1 amide bonds. The molecule has 0 spiro atoms. The number of rotatable bonds is 11. The minimum atomic E-state index is -3.83. The van der Waals surface area contributed by atoms with Crippen LogP contribution in [0, 0.1) is 10.8 Å². The second-order valence-corrected chi connectivity index (χ2v) is 10.9. The summed E-state index contributed by atoms with van der Waals surface area (Å²) in [4.78, 5) is 38.5. The van der Waals surface area contributed by atoms with E-state index >= 15 is 0 Å². The fourth-order valence-corrected chi connectivity index (χ4v) is 2.90. The highest BCUT2D eigenvalue weighted by atomic mass is 31.2. The van der Waals surface area contributed by atoms with Crippen LogP contribution < -0.4 is 5.73 Å². The van der Waals surface area contributed by atoms with E-state index in [1.54, 1.807) is 47.6 Å². The molecular weight excluding hydrogens is 443 g/mol. The van der Waals surface area contributed by atoms with Crippen molar-refractivity contribution < 1.29 is 37.5 Å². The molecule has 0 bridgehead atoms. The van der Waals surface area contributed by atoms with Gasteiger partial charge in [-0.25, -0.2) is 9.67 Å². The van der Waals surface area contributed by atoms with Crippen molar-refractivity contribution in [2.24, 2.45) is 16.6 Å². The zero-order valence-electron chi connectivity index (χ0n) is 19.2. The van der Waals surface area contributed by atoms with Crippen molar-refractivity contribution in [3.8, 4) is 0 Å². The molecule has 0 saturated carbocycles. The Hall–Kier alpha value is -2.56. The number of carbonyl (C=O) groups excluding carboxylic acids is 3. The summed E-state index contributed by atoms with van der Waals surface area (Å²) in [6.45, 7) is 8.97. The van der Waals surface area contributed by atoms with E-state index < -0.39 is 49.9 Å². The van der Waals surface area contributed by atoms with Crippen molar-refractivity contribution in [1.82, 2.24) is 14.8 Å². The monoisotopic (exact) mass is 474 g/mol. The van der Waals surface area contributed by atoms with Crippen LogP contribution in [0.5, 0.6) is 0 Å². The first-order chi connectivity index (χ1) is 14.6. The fraction of sp³-hybridized carbons (Fsp3) is 0.632. The number of aromatic nitrogens is 3. The van der Waals surface area contributed by atoms with Gasteiger partial charge >= 0.3 is 19.5 Å². The van der Waals surface area contributed by atoms with Crippen molar-refractivity contribution in [2.75, 3.05) is 19.7 Å². The number of hydrogen-bond donors (Lipinski definition) is 1. The standard InChI is InChI=1S/C19H31N4O8P/c1-18(2,3)16(25)28-12-30-32(27,31-13-29-17(26)19(4,5)6)10-8-7-9-23-11-21-15(22-23)14(20)24/h7-8,11H,9-10,12-13H2,1-6H3,(H2,20,24)/b8-7+. The van der Waals surface area contributed by atoms with Gasteiger partial charge in [0, 0.05) is 0 Å². The summed E-state index contributed by atoms with van der Waals surface area (Å²) >= 11 is 0. The molecule has 1 aromatic rings. The van der Waals surface area contributed by atoms with Gasteiger partial charge in [-0.05, 0) is 41.5 Å². The molecule has 0 aliphatic rings. The highest BCUT2D eigenvalue weighted by molar-refractivity contribution is 7.54. The van der Waals surface area contributed by atoms with E-state index in [0.29, 0.717) is 0 Å². The van der Waals surface area contributed by atoms with Crippen molar-refractivity contribution in [3.05, 3.63) is 24.3 Å². The van der Waals surface area contributed by atoms with Crippen LogP contribution in [0.1, 0.15) is 52.2 Å². The van der Waals surface area contributed by atoms with Gasteiger partial charge in [0.15, 0.2) is 0 Å². The first-order valence-corrected chi connectivity index (χ1v) is 11.4. The Kier molecular flexibility index (Phi) is 9.74. The number of hydrogen-bond acceptors (Lipinski definition) is 10. The van der Waals surface area contributed by atoms with Crippen LogP contribution >= 0.6 is 7.60 Å². The third-order valence-electron chi connectivity index (χ3n) is 3.65. The summed E-state index contributed by atoms with van der Waals surface area (Å²) in [6, 6.07) is 0. The molecule has 0 aromatic carbocycles. The number of esters is 2. The summed E-state index contributed by atoms with van der Waals surface area (Å²) in [6.07, 6.45) is 4.18. The molecule has 32 heavy (non-hydrogen) atoms. The Morgan fingerprint density at radius 1 is 1.00 bits per heavy atom. The molecular formula is C19H31N4O8P. The highest BCUT2D eigenvalue weighted by Gasteiger charge is 2.29. The van der Waals surface area contributed by atoms with Gasteiger partial charge in [-0.15, -0.1) is 5.10 Å². The smallest absolute Gasteiger partial charge is 0.340 e. The molecule has 0 fully saturated rings. The third kappa shape index (κ3) is 9.71. The van der Waals surface area contributed by atoms with Crippen molar-refractivity contribution in [2.45, 2.75) is 48.1 Å². The summed E-state index contributed by atoms with van der Waals surface area (Å²) in [5.41, 5.74) is 3.56. The minimum Gasteiger partial charge on any atom is -0.438 e. The number of ether oxygens (including phenoxy) is 2. The average molecular weight is 474 g/mol. The lowest BCUT2D eigenvalue weighted by Gasteiger charge is -2.21. The van der Waals surface area contributed by atoms with Gasteiger partial charge in [-0.1, -0.05) is 12.2 Å².